The quantitative estimate of drug-likeness (QED) is 0.522. The summed E-state index contributed by atoms with van der Waals surface area (Å²) < 4.78 is 1.75. The standard InChI is InChI=1S/C23H22Cl2N4O2/c1-14-11-15(2)29(27-14)21-6-4-18(13-26-21)23(31)28-9-7-16(8-10-28)22(30)17-3-5-19(24)20(25)12-17/h3-6,11-13,16H,7-10H2,1-2H3. The Morgan fingerprint density at radius 2 is 1.68 bits per heavy atom. The highest BCUT2D eigenvalue weighted by Gasteiger charge is 2.28. The Hall–Kier alpha value is -2.70. The molecule has 1 amide bonds. The zero-order valence-corrected chi connectivity index (χ0v) is 18.8. The summed E-state index contributed by atoms with van der Waals surface area (Å²) in [5.41, 5.74) is 2.98. The number of halogens is 2. The summed E-state index contributed by atoms with van der Waals surface area (Å²) >= 11 is 12.0. The number of ketones is 1. The molecular weight excluding hydrogens is 435 g/mol. The smallest absolute Gasteiger partial charge is 0.255 e. The lowest BCUT2D eigenvalue weighted by molar-refractivity contribution is 0.0650. The maximum Gasteiger partial charge on any atom is 0.255 e. The van der Waals surface area contributed by atoms with Crippen molar-refractivity contribution in [2.24, 2.45) is 5.92 Å². The molecule has 3 aromatic rings. The highest BCUT2D eigenvalue weighted by atomic mass is 35.5. The van der Waals surface area contributed by atoms with Gasteiger partial charge in [0.15, 0.2) is 11.6 Å². The second kappa shape index (κ2) is 8.81. The van der Waals surface area contributed by atoms with Gasteiger partial charge in [0.2, 0.25) is 0 Å². The number of hydrogen-bond acceptors (Lipinski definition) is 4. The summed E-state index contributed by atoms with van der Waals surface area (Å²) in [6, 6.07) is 10.5. The lowest BCUT2D eigenvalue weighted by atomic mass is 9.88. The number of Topliss-reactive ketones (excluding diaryl/α,β-unsaturated/α-hetero) is 1. The maximum atomic E-state index is 12.9. The molecule has 0 atom stereocenters. The molecule has 1 aliphatic heterocycles. The van der Waals surface area contributed by atoms with Crippen LogP contribution in [0.3, 0.4) is 0 Å². The van der Waals surface area contributed by atoms with E-state index in [-0.39, 0.29) is 17.6 Å². The Bertz CT molecular complexity index is 1130. The number of aromatic nitrogens is 3. The molecule has 0 saturated carbocycles. The second-order valence-electron chi connectivity index (χ2n) is 7.80. The van der Waals surface area contributed by atoms with E-state index >= 15 is 0 Å². The first-order valence-corrected chi connectivity index (χ1v) is 10.9. The molecule has 2 aromatic heterocycles. The maximum absolute atomic E-state index is 12.9. The van der Waals surface area contributed by atoms with Crippen molar-refractivity contribution in [1.82, 2.24) is 19.7 Å². The van der Waals surface area contributed by atoms with Crippen molar-refractivity contribution in [3.8, 4) is 5.82 Å². The van der Waals surface area contributed by atoms with Crippen LogP contribution >= 0.6 is 23.2 Å². The Morgan fingerprint density at radius 1 is 0.968 bits per heavy atom. The van der Waals surface area contributed by atoms with E-state index in [0.717, 1.165) is 11.4 Å². The lowest BCUT2D eigenvalue weighted by Gasteiger charge is -2.31. The van der Waals surface area contributed by atoms with Gasteiger partial charge in [-0.2, -0.15) is 5.10 Å². The summed E-state index contributed by atoms with van der Waals surface area (Å²) in [4.78, 5) is 31.9. The van der Waals surface area contributed by atoms with Gasteiger partial charge in [0.25, 0.3) is 5.91 Å². The highest BCUT2D eigenvalue weighted by molar-refractivity contribution is 6.42. The van der Waals surface area contributed by atoms with E-state index in [2.05, 4.69) is 10.1 Å². The van der Waals surface area contributed by atoms with Crippen LogP contribution in [-0.4, -0.2) is 44.4 Å². The molecule has 8 heteroatoms. The zero-order chi connectivity index (χ0) is 22.1. The Labute approximate surface area is 190 Å². The van der Waals surface area contributed by atoms with Gasteiger partial charge in [-0.3, -0.25) is 9.59 Å². The first-order valence-electron chi connectivity index (χ1n) is 10.1. The van der Waals surface area contributed by atoms with Crippen molar-refractivity contribution in [2.75, 3.05) is 13.1 Å². The second-order valence-corrected chi connectivity index (χ2v) is 8.62. The third-order valence-electron chi connectivity index (χ3n) is 5.58. The van der Waals surface area contributed by atoms with E-state index in [1.165, 1.54) is 0 Å². The van der Waals surface area contributed by atoms with E-state index in [9.17, 15) is 9.59 Å². The summed E-state index contributed by atoms with van der Waals surface area (Å²) in [5, 5.41) is 5.21. The molecule has 6 nitrogen and oxygen atoms in total. The van der Waals surface area contributed by atoms with Gasteiger partial charge in [0, 0.05) is 36.5 Å². The van der Waals surface area contributed by atoms with Crippen molar-refractivity contribution in [1.29, 1.82) is 0 Å². The Morgan fingerprint density at radius 3 is 2.26 bits per heavy atom. The SMILES string of the molecule is Cc1cc(C)n(-c2ccc(C(=O)N3CCC(C(=O)c4ccc(Cl)c(Cl)c4)CC3)cn2)n1. The predicted molar refractivity (Wildman–Crippen MR) is 120 cm³/mol. The summed E-state index contributed by atoms with van der Waals surface area (Å²) in [6.07, 6.45) is 2.81. The van der Waals surface area contributed by atoms with Gasteiger partial charge < -0.3 is 4.90 Å². The molecule has 0 aliphatic carbocycles. The number of carbonyl (C=O) groups is 2. The van der Waals surface area contributed by atoms with Crippen molar-refractivity contribution in [2.45, 2.75) is 26.7 Å². The van der Waals surface area contributed by atoms with Gasteiger partial charge >= 0.3 is 0 Å². The van der Waals surface area contributed by atoms with Gasteiger partial charge in [-0.15, -0.1) is 0 Å². The minimum Gasteiger partial charge on any atom is -0.339 e. The Balaban J connectivity index is 1.39. The van der Waals surface area contributed by atoms with Gasteiger partial charge in [0.05, 0.1) is 21.3 Å². The average molecular weight is 457 g/mol. The third kappa shape index (κ3) is 4.50. The predicted octanol–water partition coefficient (Wildman–Crippen LogP) is 4.93. The number of piperidine rings is 1. The first kappa shape index (κ1) is 21.5. The monoisotopic (exact) mass is 456 g/mol. The fraction of sp³-hybridized carbons (Fsp3) is 0.304. The van der Waals surface area contributed by atoms with Crippen molar-refractivity contribution in [3.63, 3.8) is 0 Å². The molecule has 0 N–H and O–H groups in total. The van der Waals surface area contributed by atoms with Crippen LogP contribution in [0, 0.1) is 19.8 Å². The number of carbonyl (C=O) groups excluding carboxylic acids is 2. The van der Waals surface area contributed by atoms with Crippen LogP contribution in [0.25, 0.3) is 5.82 Å². The van der Waals surface area contributed by atoms with E-state index < -0.39 is 0 Å². The van der Waals surface area contributed by atoms with Gasteiger partial charge in [0.1, 0.15) is 0 Å². The number of nitrogens with zero attached hydrogens (tertiary/aromatic N) is 4. The number of rotatable bonds is 4. The van der Waals surface area contributed by atoms with Crippen LogP contribution < -0.4 is 0 Å². The molecule has 1 aromatic carbocycles. The Kier molecular flexibility index (Phi) is 6.12. The van der Waals surface area contributed by atoms with Crippen LogP contribution in [0.4, 0.5) is 0 Å². The van der Waals surface area contributed by atoms with Crippen LogP contribution in [0.2, 0.25) is 10.0 Å². The van der Waals surface area contributed by atoms with Gasteiger partial charge in [-0.25, -0.2) is 9.67 Å². The number of pyridine rings is 1. The van der Waals surface area contributed by atoms with Crippen LogP contribution in [0.5, 0.6) is 0 Å². The minimum absolute atomic E-state index is 0.0431. The normalized spacial score (nSPS) is 14.6. The van der Waals surface area contributed by atoms with Gasteiger partial charge in [-0.1, -0.05) is 23.2 Å². The molecule has 0 bridgehead atoms. The minimum atomic E-state index is -0.132. The van der Waals surface area contributed by atoms with E-state index in [0.29, 0.717) is 52.9 Å². The van der Waals surface area contributed by atoms with Crippen LogP contribution in [-0.2, 0) is 0 Å². The summed E-state index contributed by atoms with van der Waals surface area (Å²) in [7, 11) is 0. The topological polar surface area (TPSA) is 68.1 Å². The average Bonchev–Trinajstić information content (AvgIpc) is 3.12. The largest absolute Gasteiger partial charge is 0.339 e. The molecular formula is C23H22Cl2N4O2. The molecule has 1 aliphatic rings. The van der Waals surface area contributed by atoms with E-state index in [1.54, 1.807) is 46.1 Å². The van der Waals surface area contributed by atoms with E-state index in [4.69, 9.17) is 23.2 Å². The number of hydrogen-bond donors (Lipinski definition) is 0. The molecule has 160 valence electrons. The number of likely N-dealkylation sites (tertiary alicyclic amines) is 1. The van der Waals surface area contributed by atoms with Crippen LogP contribution in [0.1, 0.15) is 44.9 Å². The molecule has 0 radical (unpaired) electrons. The van der Waals surface area contributed by atoms with Crippen LogP contribution in [0.15, 0.2) is 42.6 Å². The molecule has 0 spiro atoms. The van der Waals surface area contributed by atoms with Crippen molar-refractivity contribution < 1.29 is 9.59 Å². The van der Waals surface area contributed by atoms with Gasteiger partial charge in [-0.05, 0) is 63.1 Å². The lowest BCUT2D eigenvalue weighted by Crippen LogP contribution is -2.40. The number of amides is 1. The summed E-state index contributed by atoms with van der Waals surface area (Å²) in [5.74, 6) is 0.510. The number of aryl methyl sites for hydroxylation is 2. The third-order valence-corrected chi connectivity index (χ3v) is 6.32. The summed E-state index contributed by atoms with van der Waals surface area (Å²) in [6.45, 7) is 4.94. The molecule has 3 heterocycles. The first-order chi connectivity index (χ1) is 14.8. The molecule has 1 fully saturated rings. The van der Waals surface area contributed by atoms with Crippen molar-refractivity contribution >= 4 is 34.9 Å². The van der Waals surface area contributed by atoms with Crippen molar-refractivity contribution in [3.05, 3.63) is 75.2 Å². The number of benzene rings is 1. The highest BCUT2D eigenvalue weighted by Crippen LogP contribution is 2.27. The molecule has 31 heavy (non-hydrogen) atoms. The van der Waals surface area contributed by atoms with E-state index in [1.807, 2.05) is 19.9 Å². The molecule has 4 rings (SSSR count). The fourth-order valence-corrected chi connectivity index (χ4v) is 4.21. The molecule has 1 saturated heterocycles. The fourth-order valence-electron chi connectivity index (χ4n) is 3.91. The molecule has 0 unspecified atom stereocenters. The zero-order valence-electron chi connectivity index (χ0n) is 17.3.